The number of hydrogen-bond acceptors (Lipinski definition) is 3. The molecule has 0 saturated heterocycles. The summed E-state index contributed by atoms with van der Waals surface area (Å²) in [6.45, 7) is 2.92. The summed E-state index contributed by atoms with van der Waals surface area (Å²) in [5.41, 5.74) is 6.61. The van der Waals surface area contributed by atoms with Crippen LogP contribution < -0.4 is 10.5 Å². The van der Waals surface area contributed by atoms with Gasteiger partial charge in [0.25, 0.3) is 0 Å². The molecular formula is C13H15NO2. The maximum Gasteiger partial charge on any atom is 0.146 e. The van der Waals surface area contributed by atoms with Crippen molar-refractivity contribution in [1.29, 1.82) is 0 Å². The lowest BCUT2D eigenvalue weighted by Gasteiger charge is -2.04. The molecule has 0 radical (unpaired) electrons. The Hall–Kier alpha value is -1.74. The molecule has 0 fully saturated rings. The van der Waals surface area contributed by atoms with Gasteiger partial charge in [0, 0.05) is 6.54 Å². The normalized spacial score (nSPS) is 10.4. The van der Waals surface area contributed by atoms with Gasteiger partial charge < -0.3 is 14.9 Å². The summed E-state index contributed by atoms with van der Waals surface area (Å²) in [6.07, 6.45) is 0. The van der Waals surface area contributed by atoms with Crippen LogP contribution in [0.5, 0.6) is 5.75 Å². The molecule has 0 atom stereocenters. The molecule has 0 saturated carbocycles. The summed E-state index contributed by atoms with van der Waals surface area (Å²) in [5.74, 6) is 2.56. The Morgan fingerprint density at radius 1 is 1.12 bits per heavy atom. The molecule has 1 aromatic carbocycles. The third-order valence-corrected chi connectivity index (χ3v) is 2.34. The summed E-state index contributed by atoms with van der Waals surface area (Å²) in [4.78, 5) is 0. The summed E-state index contributed by atoms with van der Waals surface area (Å²) in [6, 6.07) is 11.6. The van der Waals surface area contributed by atoms with E-state index in [1.165, 1.54) is 0 Å². The van der Waals surface area contributed by atoms with Crippen LogP contribution in [0.3, 0.4) is 0 Å². The Morgan fingerprint density at radius 3 is 2.44 bits per heavy atom. The second kappa shape index (κ2) is 4.86. The topological polar surface area (TPSA) is 48.4 Å². The molecule has 2 aromatic rings. The van der Waals surface area contributed by atoms with Crippen LogP contribution >= 0.6 is 0 Å². The lowest BCUT2D eigenvalue weighted by atomic mass is 10.2. The monoisotopic (exact) mass is 217 g/mol. The van der Waals surface area contributed by atoms with E-state index in [2.05, 4.69) is 0 Å². The summed E-state index contributed by atoms with van der Waals surface area (Å²) in [7, 11) is 0. The first kappa shape index (κ1) is 10.8. The van der Waals surface area contributed by atoms with E-state index in [0.29, 0.717) is 13.2 Å². The molecule has 84 valence electrons. The highest BCUT2D eigenvalue weighted by Gasteiger charge is 2.00. The van der Waals surface area contributed by atoms with E-state index in [-0.39, 0.29) is 0 Å². The second-order valence-electron chi connectivity index (χ2n) is 3.65. The molecule has 3 heteroatoms. The van der Waals surface area contributed by atoms with Gasteiger partial charge in [0.2, 0.25) is 0 Å². The Morgan fingerprint density at radius 2 is 1.88 bits per heavy atom. The molecule has 0 amide bonds. The van der Waals surface area contributed by atoms with Crippen LogP contribution in [-0.2, 0) is 13.2 Å². The molecule has 16 heavy (non-hydrogen) atoms. The average Bonchev–Trinajstić information content (AvgIpc) is 2.73. The molecule has 0 aliphatic heterocycles. The van der Waals surface area contributed by atoms with Crippen molar-refractivity contribution >= 4 is 0 Å². The van der Waals surface area contributed by atoms with E-state index >= 15 is 0 Å². The van der Waals surface area contributed by atoms with E-state index in [1.54, 1.807) is 0 Å². The number of nitrogens with two attached hydrogens (primary N) is 1. The maximum absolute atomic E-state index is 5.57. The minimum atomic E-state index is 0.454. The van der Waals surface area contributed by atoms with Gasteiger partial charge in [-0.2, -0.15) is 0 Å². The molecule has 1 heterocycles. The van der Waals surface area contributed by atoms with Gasteiger partial charge in [0.1, 0.15) is 23.9 Å². The van der Waals surface area contributed by atoms with E-state index in [0.717, 1.165) is 22.8 Å². The predicted octanol–water partition coefficient (Wildman–Crippen LogP) is 2.63. The van der Waals surface area contributed by atoms with Crippen LogP contribution in [0.2, 0.25) is 0 Å². The zero-order valence-corrected chi connectivity index (χ0v) is 9.27. The Balaban J connectivity index is 1.94. The van der Waals surface area contributed by atoms with Gasteiger partial charge in [-0.05, 0) is 36.8 Å². The van der Waals surface area contributed by atoms with Crippen LogP contribution in [0.25, 0.3) is 0 Å². The third kappa shape index (κ3) is 2.64. The minimum Gasteiger partial charge on any atom is -0.486 e. The number of aryl methyl sites for hydroxylation is 1. The van der Waals surface area contributed by atoms with Crippen LogP contribution in [0, 0.1) is 6.92 Å². The average molecular weight is 217 g/mol. The first-order chi connectivity index (χ1) is 7.78. The predicted molar refractivity (Wildman–Crippen MR) is 62.1 cm³/mol. The van der Waals surface area contributed by atoms with Crippen molar-refractivity contribution in [2.75, 3.05) is 0 Å². The van der Waals surface area contributed by atoms with Crippen molar-refractivity contribution < 1.29 is 9.15 Å². The largest absolute Gasteiger partial charge is 0.486 e. The van der Waals surface area contributed by atoms with E-state index < -0.39 is 0 Å². The number of hydrogen-bond donors (Lipinski definition) is 1. The number of benzene rings is 1. The summed E-state index contributed by atoms with van der Waals surface area (Å²) >= 11 is 0. The van der Waals surface area contributed by atoms with Crippen LogP contribution in [0.4, 0.5) is 0 Å². The Kier molecular flexibility index (Phi) is 3.27. The van der Waals surface area contributed by atoms with Crippen molar-refractivity contribution in [3.63, 3.8) is 0 Å². The van der Waals surface area contributed by atoms with Crippen molar-refractivity contribution in [3.05, 3.63) is 53.5 Å². The lowest BCUT2D eigenvalue weighted by molar-refractivity contribution is 0.267. The molecule has 0 aliphatic rings. The molecule has 3 nitrogen and oxygen atoms in total. The van der Waals surface area contributed by atoms with Crippen molar-refractivity contribution in [2.45, 2.75) is 20.1 Å². The first-order valence-electron chi connectivity index (χ1n) is 5.25. The zero-order chi connectivity index (χ0) is 11.4. The molecular weight excluding hydrogens is 202 g/mol. The quantitative estimate of drug-likeness (QED) is 0.856. The highest BCUT2D eigenvalue weighted by Crippen LogP contribution is 2.15. The van der Waals surface area contributed by atoms with Gasteiger partial charge in [0.15, 0.2) is 0 Å². The molecule has 2 N–H and O–H groups in total. The SMILES string of the molecule is Cc1ccc(COc2ccc(CN)cc2)o1. The fourth-order valence-corrected chi connectivity index (χ4v) is 1.44. The minimum absolute atomic E-state index is 0.454. The first-order valence-corrected chi connectivity index (χ1v) is 5.25. The Bertz CT molecular complexity index is 445. The number of rotatable bonds is 4. The molecule has 0 aliphatic carbocycles. The molecule has 0 bridgehead atoms. The maximum atomic E-state index is 5.57. The van der Waals surface area contributed by atoms with Crippen LogP contribution in [-0.4, -0.2) is 0 Å². The fraction of sp³-hybridized carbons (Fsp3) is 0.231. The van der Waals surface area contributed by atoms with Crippen molar-refractivity contribution in [3.8, 4) is 5.75 Å². The third-order valence-electron chi connectivity index (χ3n) is 2.34. The van der Waals surface area contributed by atoms with Crippen molar-refractivity contribution in [1.82, 2.24) is 0 Å². The van der Waals surface area contributed by atoms with Gasteiger partial charge in [-0.3, -0.25) is 0 Å². The van der Waals surface area contributed by atoms with Crippen LogP contribution in [0.1, 0.15) is 17.1 Å². The van der Waals surface area contributed by atoms with Gasteiger partial charge in [-0.15, -0.1) is 0 Å². The van der Waals surface area contributed by atoms with Gasteiger partial charge in [-0.25, -0.2) is 0 Å². The second-order valence-corrected chi connectivity index (χ2v) is 3.65. The van der Waals surface area contributed by atoms with Crippen LogP contribution in [0.15, 0.2) is 40.8 Å². The number of ether oxygens (including phenoxy) is 1. The van der Waals surface area contributed by atoms with Gasteiger partial charge in [-0.1, -0.05) is 12.1 Å². The Labute approximate surface area is 94.8 Å². The van der Waals surface area contributed by atoms with E-state index in [1.807, 2.05) is 43.3 Å². The lowest BCUT2D eigenvalue weighted by Crippen LogP contribution is -1.97. The fourth-order valence-electron chi connectivity index (χ4n) is 1.44. The summed E-state index contributed by atoms with van der Waals surface area (Å²) in [5, 5.41) is 0. The highest BCUT2D eigenvalue weighted by atomic mass is 16.5. The van der Waals surface area contributed by atoms with Gasteiger partial charge >= 0.3 is 0 Å². The molecule has 2 rings (SSSR count). The zero-order valence-electron chi connectivity index (χ0n) is 9.27. The van der Waals surface area contributed by atoms with Gasteiger partial charge in [0.05, 0.1) is 0 Å². The highest BCUT2D eigenvalue weighted by molar-refractivity contribution is 5.27. The summed E-state index contributed by atoms with van der Waals surface area (Å²) < 4.78 is 11.0. The standard InChI is InChI=1S/C13H15NO2/c1-10-2-5-13(16-10)9-15-12-6-3-11(8-14)4-7-12/h2-7H,8-9,14H2,1H3. The smallest absolute Gasteiger partial charge is 0.146 e. The van der Waals surface area contributed by atoms with E-state index in [4.69, 9.17) is 14.9 Å². The number of furan rings is 1. The molecule has 0 unspecified atom stereocenters. The van der Waals surface area contributed by atoms with E-state index in [9.17, 15) is 0 Å². The molecule has 1 aromatic heterocycles. The molecule has 0 spiro atoms. The van der Waals surface area contributed by atoms with Crippen molar-refractivity contribution in [2.24, 2.45) is 5.73 Å².